The normalized spacial score (nSPS) is 14.3. The van der Waals surface area contributed by atoms with E-state index in [2.05, 4.69) is 10.0 Å². The molecule has 0 unspecified atom stereocenters. The summed E-state index contributed by atoms with van der Waals surface area (Å²) in [5.41, 5.74) is 1.74. The highest BCUT2D eigenvalue weighted by atomic mass is 35.5. The first-order valence-electron chi connectivity index (χ1n) is 10.7. The zero-order valence-corrected chi connectivity index (χ0v) is 20.3. The monoisotopic (exact) mass is 495 g/mol. The fourth-order valence-electron chi connectivity index (χ4n) is 3.73. The van der Waals surface area contributed by atoms with Crippen molar-refractivity contribution in [3.8, 4) is 0 Å². The molecular weight excluding hydrogens is 469 g/mol. The molecule has 0 saturated carbocycles. The first kappa shape index (κ1) is 25.1. The standard InChI is InChI=1S/C23H27ClFN3O4S/c1-4-22(29)28-10-9-15-12-17(6-8-21(15)28)33(31,32)27-20(11-14(2)3)23(30)26-16-5-7-19(25)18(24)13-16/h5-8,12-14,20,27H,4,9-11H2,1-3H3,(H,26,30)/t20-/m1/s1. The van der Waals surface area contributed by atoms with Crippen LogP contribution in [-0.4, -0.2) is 32.8 Å². The van der Waals surface area contributed by atoms with E-state index in [4.69, 9.17) is 11.6 Å². The summed E-state index contributed by atoms with van der Waals surface area (Å²) in [6.07, 6.45) is 1.18. The maximum absolute atomic E-state index is 13.4. The van der Waals surface area contributed by atoms with Gasteiger partial charge in [0, 0.05) is 24.3 Å². The molecule has 0 aromatic heterocycles. The van der Waals surface area contributed by atoms with Crippen LogP contribution in [0.4, 0.5) is 15.8 Å². The largest absolute Gasteiger partial charge is 0.325 e. The maximum atomic E-state index is 13.4. The highest BCUT2D eigenvalue weighted by molar-refractivity contribution is 7.89. The molecule has 0 saturated heterocycles. The van der Waals surface area contributed by atoms with E-state index < -0.39 is 27.8 Å². The first-order valence-corrected chi connectivity index (χ1v) is 12.6. The number of hydrogen-bond donors (Lipinski definition) is 2. The fraction of sp³-hybridized carbons (Fsp3) is 0.391. The Morgan fingerprint density at radius 3 is 2.55 bits per heavy atom. The molecule has 1 aliphatic rings. The number of benzene rings is 2. The Labute approximate surface area is 198 Å². The second-order valence-electron chi connectivity index (χ2n) is 8.36. The molecule has 10 heteroatoms. The number of rotatable bonds is 8. The Hall–Kier alpha value is -2.49. The van der Waals surface area contributed by atoms with E-state index in [0.717, 1.165) is 11.6 Å². The topological polar surface area (TPSA) is 95.6 Å². The van der Waals surface area contributed by atoms with Gasteiger partial charge in [-0.3, -0.25) is 9.59 Å². The van der Waals surface area contributed by atoms with Gasteiger partial charge in [-0.15, -0.1) is 0 Å². The molecule has 2 aromatic carbocycles. The van der Waals surface area contributed by atoms with Crippen molar-refractivity contribution in [2.24, 2.45) is 5.92 Å². The third-order valence-electron chi connectivity index (χ3n) is 5.37. The smallest absolute Gasteiger partial charge is 0.242 e. The average molecular weight is 496 g/mol. The number of sulfonamides is 1. The van der Waals surface area contributed by atoms with Crippen LogP contribution in [0.1, 0.15) is 39.2 Å². The number of halogens is 2. The minimum atomic E-state index is -4.02. The Bertz CT molecular complexity index is 1170. The van der Waals surface area contributed by atoms with Crippen LogP contribution in [0.25, 0.3) is 0 Å². The van der Waals surface area contributed by atoms with Crippen LogP contribution < -0.4 is 14.9 Å². The minimum Gasteiger partial charge on any atom is -0.325 e. The van der Waals surface area contributed by atoms with Gasteiger partial charge < -0.3 is 10.2 Å². The number of carbonyl (C=O) groups is 2. The van der Waals surface area contributed by atoms with Gasteiger partial charge in [0.1, 0.15) is 11.9 Å². The summed E-state index contributed by atoms with van der Waals surface area (Å²) in [4.78, 5) is 26.6. The molecule has 2 N–H and O–H groups in total. The molecule has 2 amide bonds. The average Bonchev–Trinajstić information content (AvgIpc) is 3.18. The van der Waals surface area contributed by atoms with E-state index in [-0.39, 0.29) is 33.9 Å². The molecule has 33 heavy (non-hydrogen) atoms. The SMILES string of the molecule is CCC(=O)N1CCc2cc(S(=O)(=O)N[C@H](CC(C)C)C(=O)Nc3ccc(F)c(Cl)c3)ccc21. The molecule has 0 bridgehead atoms. The Balaban J connectivity index is 1.81. The van der Waals surface area contributed by atoms with E-state index in [1.807, 2.05) is 13.8 Å². The van der Waals surface area contributed by atoms with Gasteiger partial charge in [0.2, 0.25) is 21.8 Å². The number of nitrogens with one attached hydrogen (secondary N) is 2. The van der Waals surface area contributed by atoms with Crippen LogP contribution in [0.2, 0.25) is 5.02 Å². The van der Waals surface area contributed by atoms with Gasteiger partial charge >= 0.3 is 0 Å². The Kier molecular flexibility index (Phi) is 7.76. The van der Waals surface area contributed by atoms with Crippen molar-refractivity contribution in [3.63, 3.8) is 0 Å². The third kappa shape index (κ3) is 5.90. The van der Waals surface area contributed by atoms with Gasteiger partial charge in [-0.05, 0) is 60.7 Å². The molecule has 0 radical (unpaired) electrons. The Morgan fingerprint density at radius 2 is 1.91 bits per heavy atom. The molecular formula is C23H27ClFN3O4S. The summed E-state index contributed by atoms with van der Waals surface area (Å²) in [7, 11) is -4.02. The summed E-state index contributed by atoms with van der Waals surface area (Å²) in [6, 6.07) is 7.30. The van der Waals surface area contributed by atoms with Gasteiger partial charge in [0.25, 0.3) is 0 Å². The summed E-state index contributed by atoms with van der Waals surface area (Å²) >= 11 is 5.77. The van der Waals surface area contributed by atoms with E-state index in [1.54, 1.807) is 24.0 Å². The third-order valence-corrected chi connectivity index (χ3v) is 7.13. The Morgan fingerprint density at radius 1 is 1.18 bits per heavy atom. The molecule has 178 valence electrons. The van der Waals surface area contributed by atoms with Crippen LogP contribution in [0, 0.1) is 11.7 Å². The van der Waals surface area contributed by atoms with Gasteiger partial charge in [0.15, 0.2) is 0 Å². The zero-order chi connectivity index (χ0) is 24.3. The number of nitrogens with zero attached hydrogens (tertiary/aromatic N) is 1. The van der Waals surface area contributed by atoms with Crippen LogP contribution >= 0.6 is 11.6 Å². The summed E-state index contributed by atoms with van der Waals surface area (Å²) in [5, 5.41) is 2.44. The van der Waals surface area contributed by atoms with Crippen molar-refractivity contribution in [1.29, 1.82) is 0 Å². The fourth-order valence-corrected chi connectivity index (χ4v) is 5.17. The predicted octanol–water partition coefficient (Wildman–Crippen LogP) is 4.11. The number of anilines is 2. The molecule has 1 heterocycles. The number of carbonyl (C=O) groups excluding carboxylic acids is 2. The molecule has 2 aromatic rings. The van der Waals surface area contributed by atoms with Crippen molar-refractivity contribution in [3.05, 3.63) is 52.8 Å². The molecule has 7 nitrogen and oxygen atoms in total. The summed E-state index contributed by atoms with van der Waals surface area (Å²) < 4.78 is 42.1. The molecule has 1 atom stereocenters. The molecule has 0 fully saturated rings. The van der Waals surface area contributed by atoms with Crippen molar-refractivity contribution in [2.45, 2.75) is 51.0 Å². The lowest BCUT2D eigenvalue weighted by Gasteiger charge is -2.21. The predicted molar refractivity (Wildman–Crippen MR) is 126 cm³/mol. The number of amides is 2. The highest BCUT2D eigenvalue weighted by Gasteiger charge is 2.29. The van der Waals surface area contributed by atoms with Crippen LogP contribution in [0.3, 0.4) is 0 Å². The maximum Gasteiger partial charge on any atom is 0.242 e. The molecule has 1 aliphatic heterocycles. The second kappa shape index (κ2) is 10.2. The quantitative estimate of drug-likeness (QED) is 0.576. The lowest BCUT2D eigenvalue weighted by Crippen LogP contribution is -2.44. The van der Waals surface area contributed by atoms with Gasteiger partial charge in [-0.25, -0.2) is 12.8 Å². The van der Waals surface area contributed by atoms with E-state index in [0.29, 0.717) is 25.1 Å². The van der Waals surface area contributed by atoms with Crippen LogP contribution in [0.5, 0.6) is 0 Å². The van der Waals surface area contributed by atoms with Crippen LogP contribution in [0.15, 0.2) is 41.3 Å². The minimum absolute atomic E-state index is 0.0166. The molecule has 3 rings (SSSR count). The van der Waals surface area contributed by atoms with E-state index in [9.17, 15) is 22.4 Å². The molecule has 0 aliphatic carbocycles. The summed E-state index contributed by atoms with van der Waals surface area (Å²) in [6.45, 7) is 6.04. The van der Waals surface area contributed by atoms with Gasteiger partial charge in [-0.2, -0.15) is 4.72 Å². The van der Waals surface area contributed by atoms with Crippen molar-refractivity contribution < 1.29 is 22.4 Å². The lowest BCUT2D eigenvalue weighted by molar-refractivity contribution is -0.118. The van der Waals surface area contributed by atoms with Crippen LogP contribution in [-0.2, 0) is 26.0 Å². The van der Waals surface area contributed by atoms with Crippen molar-refractivity contribution in [1.82, 2.24) is 4.72 Å². The van der Waals surface area contributed by atoms with Gasteiger partial charge in [-0.1, -0.05) is 32.4 Å². The number of fused-ring (bicyclic) bond motifs is 1. The lowest BCUT2D eigenvalue weighted by atomic mass is 10.0. The van der Waals surface area contributed by atoms with Crippen molar-refractivity contribution in [2.75, 3.05) is 16.8 Å². The van der Waals surface area contributed by atoms with E-state index in [1.165, 1.54) is 18.2 Å². The highest BCUT2D eigenvalue weighted by Crippen LogP contribution is 2.31. The molecule has 0 spiro atoms. The first-order chi connectivity index (χ1) is 15.5. The second-order valence-corrected chi connectivity index (χ2v) is 10.5. The summed E-state index contributed by atoms with van der Waals surface area (Å²) in [5.74, 6) is -1.19. The number of hydrogen-bond acceptors (Lipinski definition) is 4. The van der Waals surface area contributed by atoms with Gasteiger partial charge in [0.05, 0.1) is 9.92 Å². The zero-order valence-electron chi connectivity index (χ0n) is 18.7. The van der Waals surface area contributed by atoms with E-state index >= 15 is 0 Å². The van der Waals surface area contributed by atoms with Crippen molar-refractivity contribution >= 4 is 44.8 Å².